The lowest BCUT2D eigenvalue weighted by molar-refractivity contribution is -0.145. The predicted molar refractivity (Wildman–Crippen MR) is 102 cm³/mol. The second kappa shape index (κ2) is 21.1. The van der Waals surface area contributed by atoms with Gasteiger partial charge in [-0.05, 0) is 57.8 Å². The first kappa shape index (κ1) is 25.8. The zero-order chi connectivity index (χ0) is 20.0. The van der Waals surface area contributed by atoms with Gasteiger partial charge in [0.25, 0.3) is 0 Å². The van der Waals surface area contributed by atoms with Gasteiger partial charge in [0, 0.05) is 39.3 Å². The molecule has 0 aromatic heterocycles. The molecule has 0 aliphatic heterocycles. The first-order valence-corrected chi connectivity index (χ1v) is 10.3. The summed E-state index contributed by atoms with van der Waals surface area (Å²) in [6, 6.07) is 0. The van der Waals surface area contributed by atoms with Gasteiger partial charge in [-0.2, -0.15) is 0 Å². The largest absolute Gasteiger partial charge is 0.466 e. The first-order chi connectivity index (χ1) is 13.2. The Morgan fingerprint density at radius 3 is 1.48 bits per heavy atom. The molecule has 0 aromatic carbocycles. The molecular weight excluding hydrogens is 352 g/mol. The van der Waals surface area contributed by atoms with Crippen molar-refractivity contribution in [1.82, 2.24) is 0 Å². The van der Waals surface area contributed by atoms with Crippen molar-refractivity contribution < 1.29 is 34.0 Å². The summed E-state index contributed by atoms with van der Waals surface area (Å²) in [6.45, 7) is 2.51. The van der Waals surface area contributed by atoms with Crippen molar-refractivity contribution >= 4 is 11.9 Å². The number of hydrogen-bond donors (Lipinski definition) is 2. The van der Waals surface area contributed by atoms with Gasteiger partial charge in [0.15, 0.2) is 0 Å². The predicted octanol–water partition coefficient (Wildman–Crippen LogP) is 2.76. The van der Waals surface area contributed by atoms with Crippen LogP contribution in [-0.4, -0.2) is 61.8 Å². The fourth-order valence-electron chi connectivity index (χ4n) is 2.35. The van der Waals surface area contributed by atoms with Gasteiger partial charge in [0.1, 0.15) is 0 Å². The molecule has 0 unspecified atom stereocenters. The molecule has 7 nitrogen and oxygen atoms in total. The molecule has 0 spiro atoms. The van der Waals surface area contributed by atoms with Crippen molar-refractivity contribution in [2.24, 2.45) is 0 Å². The maximum atomic E-state index is 11.6. The summed E-state index contributed by atoms with van der Waals surface area (Å²) in [5.74, 6) is -0.371. The summed E-state index contributed by atoms with van der Waals surface area (Å²) >= 11 is 0. The number of esters is 2. The standard InChI is InChI=1S/C20H38O7/c21-13-5-1-3-11-19(23)26-17-7-2-4-12-20(24)27-18-10-9-16-25-15-8-6-14-22/h21-22H,1-18H2. The van der Waals surface area contributed by atoms with Gasteiger partial charge in [-0.1, -0.05) is 6.42 Å². The van der Waals surface area contributed by atoms with Gasteiger partial charge in [0.2, 0.25) is 0 Å². The zero-order valence-corrected chi connectivity index (χ0v) is 16.7. The molecule has 0 aromatic rings. The van der Waals surface area contributed by atoms with E-state index in [-0.39, 0.29) is 25.2 Å². The van der Waals surface area contributed by atoms with Gasteiger partial charge >= 0.3 is 11.9 Å². The molecule has 0 atom stereocenters. The number of hydrogen-bond acceptors (Lipinski definition) is 7. The zero-order valence-electron chi connectivity index (χ0n) is 16.7. The molecule has 0 rings (SSSR count). The van der Waals surface area contributed by atoms with Crippen LogP contribution in [0.15, 0.2) is 0 Å². The van der Waals surface area contributed by atoms with Crippen LogP contribution in [0, 0.1) is 0 Å². The molecular formula is C20H38O7. The van der Waals surface area contributed by atoms with E-state index in [1.54, 1.807) is 0 Å². The average Bonchev–Trinajstić information content (AvgIpc) is 2.66. The summed E-state index contributed by atoms with van der Waals surface area (Å²) in [7, 11) is 0. The summed E-state index contributed by atoms with van der Waals surface area (Å²) in [5, 5.41) is 17.3. The van der Waals surface area contributed by atoms with Gasteiger partial charge in [0.05, 0.1) is 13.2 Å². The lowest BCUT2D eigenvalue weighted by Crippen LogP contribution is -2.08. The van der Waals surface area contributed by atoms with Gasteiger partial charge in [-0.25, -0.2) is 0 Å². The minimum Gasteiger partial charge on any atom is -0.466 e. The summed E-state index contributed by atoms with van der Waals surface area (Å²) in [4.78, 5) is 23.0. The maximum absolute atomic E-state index is 11.6. The Bertz CT molecular complexity index is 347. The van der Waals surface area contributed by atoms with Crippen molar-refractivity contribution in [1.29, 1.82) is 0 Å². The van der Waals surface area contributed by atoms with Crippen LogP contribution in [0.1, 0.15) is 77.0 Å². The average molecular weight is 391 g/mol. The third-order valence-electron chi connectivity index (χ3n) is 3.97. The van der Waals surface area contributed by atoms with Crippen LogP contribution in [0.5, 0.6) is 0 Å². The van der Waals surface area contributed by atoms with E-state index in [1.807, 2.05) is 0 Å². The van der Waals surface area contributed by atoms with Crippen LogP contribution in [-0.2, 0) is 23.8 Å². The van der Waals surface area contributed by atoms with Crippen LogP contribution in [0.25, 0.3) is 0 Å². The van der Waals surface area contributed by atoms with Crippen molar-refractivity contribution in [3.05, 3.63) is 0 Å². The highest BCUT2D eigenvalue weighted by Crippen LogP contribution is 2.05. The summed E-state index contributed by atoms with van der Waals surface area (Å²) in [6.07, 6.45) is 8.72. The fraction of sp³-hybridized carbons (Fsp3) is 0.900. The Balaban J connectivity index is 3.26. The Morgan fingerprint density at radius 1 is 0.519 bits per heavy atom. The molecule has 0 bridgehead atoms. The fourth-order valence-corrected chi connectivity index (χ4v) is 2.35. The molecule has 0 fully saturated rings. The third-order valence-corrected chi connectivity index (χ3v) is 3.97. The second-order valence-electron chi connectivity index (χ2n) is 6.54. The minimum atomic E-state index is -0.190. The first-order valence-electron chi connectivity index (χ1n) is 10.3. The van der Waals surface area contributed by atoms with Crippen molar-refractivity contribution in [3.8, 4) is 0 Å². The van der Waals surface area contributed by atoms with E-state index in [2.05, 4.69) is 0 Å². The second-order valence-corrected chi connectivity index (χ2v) is 6.54. The molecule has 0 heterocycles. The molecule has 27 heavy (non-hydrogen) atoms. The van der Waals surface area contributed by atoms with Gasteiger partial charge in [-0.3, -0.25) is 9.59 Å². The van der Waals surface area contributed by atoms with E-state index in [4.69, 9.17) is 24.4 Å². The number of aliphatic hydroxyl groups is 2. The van der Waals surface area contributed by atoms with Gasteiger partial charge < -0.3 is 24.4 Å². The van der Waals surface area contributed by atoms with E-state index in [9.17, 15) is 9.59 Å². The van der Waals surface area contributed by atoms with E-state index >= 15 is 0 Å². The molecule has 2 N–H and O–H groups in total. The van der Waals surface area contributed by atoms with Crippen LogP contribution in [0.2, 0.25) is 0 Å². The molecule has 0 aliphatic carbocycles. The highest BCUT2D eigenvalue weighted by Gasteiger charge is 2.04. The lowest BCUT2D eigenvalue weighted by atomic mass is 10.2. The van der Waals surface area contributed by atoms with E-state index in [0.29, 0.717) is 39.3 Å². The smallest absolute Gasteiger partial charge is 0.305 e. The molecule has 0 saturated heterocycles. The highest BCUT2D eigenvalue weighted by atomic mass is 16.5. The molecule has 0 radical (unpaired) electrons. The topological polar surface area (TPSA) is 102 Å². The molecule has 7 heteroatoms. The maximum Gasteiger partial charge on any atom is 0.305 e. The molecule has 0 aliphatic rings. The molecule has 160 valence electrons. The van der Waals surface area contributed by atoms with Gasteiger partial charge in [-0.15, -0.1) is 0 Å². The normalized spacial score (nSPS) is 10.7. The Hall–Kier alpha value is -1.18. The van der Waals surface area contributed by atoms with E-state index < -0.39 is 0 Å². The van der Waals surface area contributed by atoms with Crippen molar-refractivity contribution in [3.63, 3.8) is 0 Å². The molecule has 0 amide bonds. The number of carbonyl (C=O) groups is 2. The van der Waals surface area contributed by atoms with Crippen LogP contribution in [0.3, 0.4) is 0 Å². The monoisotopic (exact) mass is 390 g/mol. The number of unbranched alkanes of at least 4 members (excludes halogenated alkanes) is 6. The summed E-state index contributed by atoms with van der Waals surface area (Å²) in [5.41, 5.74) is 0. The Morgan fingerprint density at radius 2 is 0.926 bits per heavy atom. The Kier molecular flexibility index (Phi) is 20.2. The quantitative estimate of drug-likeness (QED) is 0.243. The van der Waals surface area contributed by atoms with Crippen molar-refractivity contribution in [2.45, 2.75) is 77.0 Å². The number of carbonyl (C=O) groups excluding carboxylic acids is 2. The van der Waals surface area contributed by atoms with E-state index in [0.717, 1.165) is 64.2 Å². The Labute approximate surface area is 163 Å². The third kappa shape index (κ3) is 21.0. The SMILES string of the molecule is O=C(CCCCCO)OCCCCCC(=O)OCCCCOCCCCO. The number of ether oxygens (including phenoxy) is 3. The number of rotatable bonds is 20. The van der Waals surface area contributed by atoms with Crippen LogP contribution >= 0.6 is 0 Å². The van der Waals surface area contributed by atoms with Crippen LogP contribution in [0.4, 0.5) is 0 Å². The lowest BCUT2D eigenvalue weighted by Gasteiger charge is -2.06. The molecule has 0 saturated carbocycles. The summed E-state index contributed by atoms with van der Waals surface area (Å²) < 4.78 is 15.7. The van der Waals surface area contributed by atoms with Crippen LogP contribution < -0.4 is 0 Å². The highest BCUT2D eigenvalue weighted by molar-refractivity contribution is 5.69. The van der Waals surface area contributed by atoms with E-state index in [1.165, 1.54) is 0 Å². The minimum absolute atomic E-state index is 0.165. The van der Waals surface area contributed by atoms with Crippen molar-refractivity contribution in [2.75, 3.05) is 39.6 Å². The number of aliphatic hydroxyl groups excluding tert-OH is 2.